The summed E-state index contributed by atoms with van der Waals surface area (Å²) in [5, 5.41) is 0. The molecule has 0 bridgehead atoms. The molecule has 0 aromatic carbocycles. The second kappa shape index (κ2) is 5.99. The van der Waals surface area contributed by atoms with E-state index < -0.39 is 12.0 Å². The summed E-state index contributed by atoms with van der Waals surface area (Å²) >= 11 is 0. The fraction of sp³-hybridized carbons (Fsp3) is 0.833. The summed E-state index contributed by atoms with van der Waals surface area (Å²) < 4.78 is 4.94. The second-order valence-electron chi connectivity index (χ2n) is 4.70. The van der Waals surface area contributed by atoms with E-state index in [1.165, 1.54) is 6.42 Å². The van der Waals surface area contributed by atoms with Gasteiger partial charge in [-0.25, -0.2) is 4.79 Å². The van der Waals surface area contributed by atoms with E-state index in [9.17, 15) is 9.59 Å². The third-order valence-electron chi connectivity index (χ3n) is 2.92. The lowest BCUT2D eigenvalue weighted by atomic mass is 9.84. The van der Waals surface area contributed by atoms with Gasteiger partial charge in [0.1, 0.15) is 0 Å². The first kappa shape index (κ1) is 13.2. The number of ether oxygens (including phenoxy) is 1. The van der Waals surface area contributed by atoms with Crippen molar-refractivity contribution in [2.24, 2.45) is 11.7 Å². The molecule has 0 amide bonds. The van der Waals surface area contributed by atoms with Gasteiger partial charge in [-0.3, -0.25) is 4.79 Å². The highest BCUT2D eigenvalue weighted by molar-refractivity contribution is 6.03. The number of hydrogen-bond donors (Lipinski definition) is 1. The third kappa shape index (κ3) is 3.59. The van der Waals surface area contributed by atoms with Crippen LogP contribution in [-0.4, -0.2) is 23.9 Å². The second-order valence-corrected chi connectivity index (χ2v) is 4.70. The molecule has 0 aromatic heterocycles. The maximum absolute atomic E-state index is 11.9. The molecule has 0 aromatic rings. The standard InChI is InChI=1S/C12H21NO3/c1-8(2)16-12(15)10(13)11(14)9-6-4-3-5-7-9/h8-10H,3-7,13H2,1-2H3. The van der Waals surface area contributed by atoms with Gasteiger partial charge in [0.25, 0.3) is 0 Å². The molecule has 1 atom stereocenters. The largest absolute Gasteiger partial charge is 0.461 e. The fourth-order valence-electron chi connectivity index (χ4n) is 2.06. The highest BCUT2D eigenvalue weighted by atomic mass is 16.5. The average Bonchev–Trinajstić information content (AvgIpc) is 2.27. The van der Waals surface area contributed by atoms with Crippen molar-refractivity contribution in [3.63, 3.8) is 0 Å². The molecule has 0 saturated heterocycles. The van der Waals surface area contributed by atoms with Crippen molar-refractivity contribution in [3.8, 4) is 0 Å². The van der Waals surface area contributed by atoms with Gasteiger partial charge in [0.15, 0.2) is 11.8 Å². The molecule has 16 heavy (non-hydrogen) atoms. The molecule has 1 aliphatic carbocycles. The monoisotopic (exact) mass is 227 g/mol. The van der Waals surface area contributed by atoms with Crippen LogP contribution in [0, 0.1) is 5.92 Å². The molecule has 1 saturated carbocycles. The number of nitrogens with two attached hydrogens (primary N) is 1. The Hall–Kier alpha value is -0.900. The van der Waals surface area contributed by atoms with Gasteiger partial charge in [0, 0.05) is 5.92 Å². The Kier molecular flexibility index (Phi) is 4.93. The predicted octanol–water partition coefficient (Wildman–Crippen LogP) is 1.41. The van der Waals surface area contributed by atoms with E-state index in [4.69, 9.17) is 10.5 Å². The lowest BCUT2D eigenvalue weighted by Crippen LogP contribution is -2.44. The van der Waals surface area contributed by atoms with E-state index in [1.807, 2.05) is 0 Å². The zero-order valence-electron chi connectivity index (χ0n) is 10.1. The van der Waals surface area contributed by atoms with E-state index in [0.717, 1.165) is 25.7 Å². The highest BCUT2D eigenvalue weighted by Crippen LogP contribution is 2.25. The SMILES string of the molecule is CC(C)OC(=O)C(N)C(=O)C1CCCCC1. The Morgan fingerprint density at radius 1 is 1.19 bits per heavy atom. The van der Waals surface area contributed by atoms with Gasteiger partial charge < -0.3 is 10.5 Å². The summed E-state index contributed by atoms with van der Waals surface area (Å²) in [5.41, 5.74) is 5.62. The molecule has 1 rings (SSSR count). The smallest absolute Gasteiger partial charge is 0.330 e. The number of ketones is 1. The summed E-state index contributed by atoms with van der Waals surface area (Å²) in [6.45, 7) is 3.49. The third-order valence-corrected chi connectivity index (χ3v) is 2.92. The molecule has 1 fully saturated rings. The van der Waals surface area contributed by atoms with Crippen LogP contribution in [0.25, 0.3) is 0 Å². The molecule has 4 nitrogen and oxygen atoms in total. The molecule has 2 N–H and O–H groups in total. The van der Waals surface area contributed by atoms with Crippen molar-refractivity contribution in [2.45, 2.75) is 58.1 Å². The maximum Gasteiger partial charge on any atom is 0.330 e. The topological polar surface area (TPSA) is 69.4 Å². The molecular weight excluding hydrogens is 206 g/mol. The Morgan fingerprint density at radius 3 is 2.25 bits per heavy atom. The average molecular weight is 227 g/mol. The van der Waals surface area contributed by atoms with E-state index in [-0.39, 0.29) is 17.8 Å². The summed E-state index contributed by atoms with van der Waals surface area (Å²) in [5.74, 6) is -0.778. The van der Waals surface area contributed by atoms with Gasteiger partial charge in [-0.2, -0.15) is 0 Å². The first-order valence-electron chi connectivity index (χ1n) is 6.02. The number of rotatable bonds is 4. The van der Waals surface area contributed by atoms with Gasteiger partial charge in [-0.05, 0) is 26.7 Å². The van der Waals surface area contributed by atoms with Gasteiger partial charge in [-0.1, -0.05) is 19.3 Å². The zero-order chi connectivity index (χ0) is 12.1. The minimum absolute atomic E-state index is 0.0385. The lowest BCUT2D eigenvalue weighted by molar-refractivity contribution is -0.152. The van der Waals surface area contributed by atoms with E-state index in [0.29, 0.717) is 0 Å². The van der Waals surface area contributed by atoms with Crippen LogP contribution >= 0.6 is 0 Å². The van der Waals surface area contributed by atoms with Gasteiger partial charge >= 0.3 is 5.97 Å². The van der Waals surface area contributed by atoms with Crippen molar-refractivity contribution in [3.05, 3.63) is 0 Å². The van der Waals surface area contributed by atoms with Crippen LogP contribution in [0.1, 0.15) is 46.0 Å². The summed E-state index contributed by atoms with van der Waals surface area (Å²) in [4.78, 5) is 23.4. The summed E-state index contributed by atoms with van der Waals surface area (Å²) in [6, 6.07) is -1.09. The molecule has 0 radical (unpaired) electrons. The predicted molar refractivity (Wildman–Crippen MR) is 60.8 cm³/mol. The zero-order valence-corrected chi connectivity index (χ0v) is 10.1. The van der Waals surface area contributed by atoms with Gasteiger partial charge in [0.2, 0.25) is 0 Å². The first-order valence-corrected chi connectivity index (χ1v) is 6.02. The fourth-order valence-corrected chi connectivity index (χ4v) is 2.06. The molecule has 0 heterocycles. The summed E-state index contributed by atoms with van der Waals surface area (Å²) in [7, 11) is 0. The van der Waals surface area contributed by atoms with E-state index in [1.54, 1.807) is 13.8 Å². The van der Waals surface area contributed by atoms with Crippen LogP contribution in [0.15, 0.2) is 0 Å². The van der Waals surface area contributed by atoms with Crippen LogP contribution in [0.5, 0.6) is 0 Å². The Labute approximate surface area is 96.5 Å². The van der Waals surface area contributed by atoms with Crippen LogP contribution in [0.2, 0.25) is 0 Å². The van der Waals surface area contributed by atoms with Crippen molar-refractivity contribution in [1.29, 1.82) is 0 Å². The number of carbonyl (C=O) groups excluding carboxylic acids is 2. The molecular formula is C12H21NO3. The van der Waals surface area contributed by atoms with Crippen molar-refractivity contribution in [2.75, 3.05) is 0 Å². The van der Waals surface area contributed by atoms with Gasteiger partial charge in [-0.15, -0.1) is 0 Å². The molecule has 1 aliphatic rings. The number of Topliss-reactive ketones (excluding diaryl/α,β-unsaturated/α-hetero) is 1. The van der Waals surface area contributed by atoms with E-state index >= 15 is 0 Å². The Balaban J connectivity index is 2.48. The lowest BCUT2D eigenvalue weighted by Gasteiger charge is -2.23. The normalized spacial score (nSPS) is 19.5. The molecule has 92 valence electrons. The number of hydrogen-bond acceptors (Lipinski definition) is 4. The van der Waals surface area contributed by atoms with Crippen molar-refractivity contribution >= 4 is 11.8 Å². The number of esters is 1. The number of carbonyl (C=O) groups is 2. The molecule has 1 unspecified atom stereocenters. The minimum atomic E-state index is -1.09. The van der Waals surface area contributed by atoms with Gasteiger partial charge in [0.05, 0.1) is 6.10 Å². The van der Waals surface area contributed by atoms with Crippen LogP contribution in [-0.2, 0) is 14.3 Å². The van der Waals surface area contributed by atoms with Crippen LogP contribution in [0.4, 0.5) is 0 Å². The molecule has 0 spiro atoms. The van der Waals surface area contributed by atoms with Crippen LogP contribution < -0.4 is 5.73 Å². The molecule has 4 heteroatoms. The Bertz CT molecular complexity index is 257. The van der Waals surface area contributed by atoms with Crippen molar-refractivity contribution in [1.82, 2.24) is 0 Å². The maximum atomic E-state index is 11.9. The molecule has 0 aliphatic heterocycles. The van der Waals surface area contributed by atoms with Crippen molar-refractivity contribution < 1.29 is 14.3 Å². The summed E-state index contributed by atoms with van der Waals surface area (Å²) in [6.07, 6.45) is 4.79. The Morgan fingerprint density at radius 2 is 1.75 bits per heavy atom. The first-order chi connectivity index (χ1) is 7.52. The quantitative estimate of drug-likeness (QED) is 0.582. The minimum Gasteiger partial charge on any atom is -0.461 e. The van der Waals surface area contributed by atoms with E-state index in [2.05, 4.69) is 0 Å². The van der Waals surface area contributed by atoms with Crippen LogP contribution in [0.3, 0.4) is 0 Å². The highest BCUT2D eigenvalue weighted by Gasteiger charge is 2.31.